The Hall–Kier alpha value is -2.44. The van der Waals surface area contributed by atoms with Crippen LogP contribution in [0.15, 0.2) is 91.0 Å². The Labute approximate surface area is 226 Å². The van der Waals surface area contributed by atoms with E-state index in [9.17, 15) is 4.79 Å². The molecule has 0 aromatic heterocycles. The normalized spacial score (nSPS) is 11.4. The van der Waals surface area contributed by atoms with Gasteiger partial charge in [-0.2, -0.15) is 0 Å². The monoisotopic (exact) mass is 517 g/mol. The molecule has 0 radical (unpaired) electrons. The molecule has 198 valence electrons. The number of carbonyl (C=O) groups is 1. The summed E-state index contributed by atoms with van der Waals surface area (Å²) in [4.78, 5) is 11.1. The summed E-state index contributed by atoms with van der Waals surface area (Å²) in [6.45, 7) is 0. The number of hydrogen-bond acceptors (Lipinski definition) is 2. The molecule has 0 heterocycles. The van der Waals surface area contributed by atoms with Crippen LogP contribution in [0.3, 0.4) is 0 Å². The highest BCUT2D eigenvalue weighted by molar-refractivity contribution is 7.95. The lowest BCUT2D eigenvalue weighted by Crippen LogP contribution is -2.33. The molecule has 0 amide bonds. The quantitative estimate of drug-likeness (QED) is 0.0965. The maximum atomic E-state index is 11.1. The Kier molecular flexibility index (Phi) is 13.5. The summed E-state index contributed by atoms with van der Waals surface area (Å²) in [6.07, 6.45) is 17.1. The van der Waals surface area contributed by atoms with Gasteiger partial charge in [0, 0.05) is 6.42 Å². The molecule has 37 heavy (non-hydrogen) atoms. The molecule has 0 aliphatic carbocycles. The first kappa shape index (κ1) is 29.1. The third kappa shape index (κ3) is 9.42. The van der Waals surface area contributed by atoms with Crippen molar-refractivity contribution < 1.29 is 9.53 Å². The third-order valence-electron chi connectivity index (χ3n) is 7.44. The highest BCUT2D eigenvalue weighted by atomic mass is 31.2. The molecule has 0 fully saturated rings. The van der Waals surface area contributed by atoms with Crippen molar-refractivity contribution in [3.05, 3.63) is 91.0 Å². The lowest BCUT2D eigenvalue weighted by Gasteiger charge is -2.27. The van der Waals surface area contributed by atoms with Crippen molar-refractivity contribution in [3.8, 4) is 0 Å². The van der Waals surface area contributed by atoms with E-state index in [2.05, 4.69) is 91.0 Å². The second-order valence-corrected chi connectivity index (χ2v) is 13.7. The van der Waals surface area contributed by atoms with Gasteiger partial charge in [-0.15, -0.1) is 0 Å². The van der Waals surface area contributed by atoms with Gasteiger partial charge in [-0.3, -0.25) is 4.79 Å². The summed E-state index contributed by atoms with van der Waals surface area (Å²) >= 11 is 0. The van der Waals surface area contributed by atoms with Crippen molar-refractivity contribution in [2.75, 3.05) is 13.3 Å². The van der Waals surface area contributed by atoms with Crippen molar-refractivity contribution in [1.82, 2.24) is 0 Å². The molecular weight excluding hydrogens is 471 g/mol. The number of carbonyl (C=O) groups excluding carboxylic acids is 1. The molecule has 0 bridgehead atoms. The van der Waals surface area contributed by atoms with Crippen molar-refractivity contribution in [1.29, 1.82) is 0 Å². The number of hydrogen-bond donors (Lipinski definition) is 0. The van der Waals surface area contributed by atoms with Gasteiger partial charge in [-0.05, 0) is 55.7 Å². The molecular formula is C34H46O2P+. The van der Waals surface area contributed by atoms with Gasteiger partial charge in [0.1, 0.15) is 23.2 Å². The zero-order valence-corrected chi connectivity index (χ0v) is 23.7. The van der Waals surface area contributed by atoms with Gasteiger partial charge in [-0.25, -0.2) is 0 Å². The van der Waals surface area contributed by atoms with E-state index >= 15 is 0 Å². The average Bonchev–Trinajstić information content (AvgIpc) is 2.96. The molecule has 3 aromatic carbocycles. The molecule has 0 saturated carbocycles. The second kappa shape index (κ2) is 17.1. The zero-order valence-electron chi connectivity index (χ0n) is 22.8. The smallest absolute Gasteiger partial charge is 0.305 e. The Bertz CT molecular complexity index is 891. The minimum Gasteiger partial charge on any atom is -0.469 e. The Morgan fingerprint density at radius 3 is 1.19 bits per heavy atom. The third-order valence-corrected chi connectivity index (χ3v) is 12.0. The van der Waals surface area contributed by atoms with Crippen LogP contribution in [-0.2, 0) is 9.53 Å². The van der Waals surface area contributed by atoms with Crippen LogP contribution in [0.4, 0.5) is 0 Å². The predicted molar refractivity (Wildman–Crippen MR) is 162 cm³/mol. The highest BCUT2D eigenvalue weighted by Gasteiger charge is 2.44. The van der Waals surface area contributed by atoms with E-state index in [4.69, 9.17) is 4.74 Å². The molecule has 0 N–H and O–H groups in total. The number of benzene rings is 3. The summed E-state index contributed by atoms with van der Waals surface area (Å²) in [5, 5.41) is 4.49. The van der Waals surface area contributed by atoms with Crippen LogP contribution in [0.2, 0.25) is 0 Å². The minimum absolute atomic E-state index is 0.0761. The van der Waals surface area contributed by atoms with Crippen LogP contribution >= 0.6 is 7.26 Å². The largest absolute Gasteiger partial charge is 0.469 e. The molecule has 0 spiro atoms. The zero-order chi connectivity index (χ0) is 26.0. The lowest BCUT2D eigenvalue weighted by molar-refractivity contribution is -0.140. The molecule has 0 aliphatic heterocycles. The number of ether oxygens (including phenoxy) is 1. The van der Waals surface area contributed by atoms with Gasteiger partial charge in [0.05, 0.1) is 13.3 Å². The van der Waals surface area contributed by atoms with Crippen LogP contribution in [0, 0.1) is 0 Å². The van der Waals surface area contributed by atoms with Gasteiger partial charge in [0.25, 0.3) is 0 Å². The number of methoxy groups -OCH3 is 1. The van der Waals surface area contributed by atoms with Crippen molar-refractivity contribution in [2.24, 2.45) is 0 Å². The average molecular weight is 518 g/mol. The van der Waals surface area contributed by atoms with Gasteiger partial charge in [0.15, 0.2) is 0 Å². The Balaban J connectivity index is 1.43. The fourth-order valence-electron chi connectivity index (χ4n) is 5.37. The number of rotatable bonds is 18. The molecule has 0 unspecified atom stereocenters. The lowest BCUT2D eigenvalue weighted by atomic mass is 10.0. The van der Waals surface area contributed by atoms with E-state index in [0.29, 0.717) is 6.42 Å². The number of unbranched alkanes of at least 4 members (excludes halogenated alkanes) is 11. The Morgan fingerprint density at radius 1 is 0.514 bits per heavy atom. The minimum atomic E-state index is -1.67. The summed E-state index contributed by atoms with van der Waals surface area (Å²) in [5.74, 6) is -0.0761. The van der Waals surface area contributed by atoms with E-state index in [-0.39, 0.29) is 5.97 Å². The fourth-order valence-corrected chi connectivity index (χ4v) is 9.78. The predicted octanol–water partition coefficient (Wildman–Crippen LogP) is 8.22. The van der Waals surface area contributed by atoms with Gasteiger partial charge < -0.3 is 4.74 Å². The van der Waals surface area contributed by atoms with Gasteiger partial charge >= 0.3 is 5.97 Å². The SMILES string of the molecule is COC(=O)CCCCCCCCCCCCCC[P+](c1ccccc1)(c1ccccc1)c1ccccc1. The molecule has 3 rings (SSSR count). The fraction of sp³-hybridized carbons (Fsp3) is 0.441. The molecule has 3 aromatic rings. The second-order valence-electron chi connectivity index (χ2n) is 10.1. The summed E-state index contributed by atoms with van der Waals surface area (Å²) in [6, 6.07) is 33.8. The van der Waals surface area contributed by atoms with E-state index in [1.807, 2.05) is 0 Å². The van der Waals surface area contributed by atoms with Crippen LogP contribution in [-0.4, -0.2) is 19.2 Å². The van der Waals surface area contributed by atoms with E-state index in [1.54, 1.807) is 0 Å². The first-order valence-corrected chi connectivity index (χ1v) is 16.4. The molecule has 3 heteroatoms. The summed E-state index contributed by atoms with van der Waals surface area (Å²) in [7, 11) is -0.199. The maximum Gasteiger partial charge on any atom is 0.305 e. The van der Waals surface area contributed by atoms with Crippen LogP contribution in [0.1, 0.15) is 83.5 Å². The topological polar surface area (TPSA) is 26.3 Å². The highest BCUT2D eigenvalue weighted by Crippen LogP contribution is 2.56. The Morgan fingerprint density at radius 2 is 0.838 bits per heavy atom. The summed E-state index contributed by atoms with van der Waals surface area (Å²) in [5.41, 5.74) is 0. The molecule has 0 aliphatic rings. The molecule has 0 atom stereocenters. The van der Waals surface area contributed by atoms with E-state index in [0.717, 1.165) is 12.8 Å². The van der Waals surface area contributed by atoms with Crippen molar-refractivity contribution >= 4 is 29.1 Å². The van der Waals surface area contributed by atoms with Crippen LogP contribution in [0.5, 0.6) is 0 Å². The van der Waals surface area contributed by atoms with Crippen LogP contribution < -0.4 is 15.9 Å². The van der Waals surface area contributed by atoms with Crippen molar-refractivity contribution in [2.45, 2.75) is 83.5 Å². The van der Waals surface area contributed by atoms with Gasteiger partial charge in [-0.1, -0.05) is 112 Å². The molecule has 2 nitrogen and oxygen atoms in total. The maximum absolute atomic E-state index is 11.1. The number of esters is 1. The van der Waals surface area contributed by atoms with E-state index < -0.39 is 7.26 Å². The summed E-state index contributed by atoms with van der Waals surface area (Å²) < 4.78 is 4.70. The standard InChI is InChI=1S/C34H46O2P/c1-36-34(35)29-21-10-8-6-4-2-3-5-7-9-11-22-30-37(31-23-15-12-16-24-31,32-25-17-13-18-26-32)33-27-19-14-20-28-33/h12-20,23-28H,2-11,21-22,29-30H2,1H3/q+1. The van der Waals surface area contributed by atoms with Crippen molar-refractivity contribution in [3.63, 3.8) is 0 Å². The van der Waals surface area contributed by atoms with E-state index in [1.165, 1.54) is 93.4 Å². The first-order valence-electron chi connectivity index (χ1n) is 14.4. The first-order chi connectivity index (χ1) is 18.3. The van der Waals surface area contributed by atoms with Crippen LogP contribution in [0.25, 0.3) is 0 Å². The molecule has 0 saturated heterocycles. The van der Waals surface area contributed by atoms with Gasteiger partial charge in [0.2, 0.25) is 0 Å².